The highest BCUT2D eigenvalue weighted by Crippen LogP contribution is 2.18. The summed E-state index contributed by atoms with van der Waals surface area (Å²) >= 11 is 0. The Kier molecular flexibility index (Phi) is 4.30. The molecular formula is C10H17N5O3S. The number of hydrogen-bond acceptors (Lipinski definition) is 7. The molecule has 1 fully saturated rings. The van der Waals surface area contributed by atoms with Crippen molar-refractivity contribution in [2.24, 2.45) is 5.84 Å². The highest BCUT2D eigenvalue weighted by molar-refractivity contribution is 7.89. The molecule has 0 radical (unpaired) electrons. The second-order valence-electron chi connectivity index (χ2n) is 4.15. The first-order valence-electron chi connectivity index (χ1n) is 5.98. The lowest BCUT2D eigenvalue weighted by Crippen LogP contribution is -2.45. The van der Waals surface area contributed by atoms with Gasteiger partial charge in [0.25, 0.3) is 0 Å². The van der Waals surface area contributed by atoms with Gasteiger partial charge in [0, 0.05) is 13.1 Å². The zero-order chi connectivity index (χ0) is 13.9. The van der Waals surface area contributed by atoms with Crippen LogP contribution in [0.5, 0.6) is 0 Å². The van der Waals surface area contributed by atoms with Crippen molar-refractivity contribution in [2.75, 3.05) is 25.1 Å². The van der Waals surface area contributed by atoms with Crippen molar-refractivity contribution in [3.63, 3.8) is 0 Å². The average Bonchev–Trinajstić information content (AvgIpc) is 2.47. The van der Waals surface area contributed by atoms with E-state index in [1.165, 1.54) is 16.7 Å². The second kappa shape index (κ2) is 5.78. The number of nitrogens with one attached hydrogen (secondary N) is 1. The van der Waals surface area contributed by atoms with E-state index >= 15 is 0 Å². The molecule has 1 aromatic heterocycles. The van der Waals surface area contributed by atoms with Gasteiger partial charge in [-0.1, -0.05) is 6.92 Å². The van der Waals surface area contributed by atoms with Crippen molar-refractivity contribution < 1.29 is 13.2 Å². The maximum Gasteiger partial charge on any atom is 0.246 e. The second-order valence-corrected chi connectivity index (χ2v) is 6.09. The molecule has 0 aromatic carbocycles. The average molecular weight is 287 g/mol. The summed E-state index contributed by atoms with van der Waals surface area (Å²) in [7, 11) is -3.57. The van der Waals surface area contributed by atoms with Crippen LogP contribution in [0.2, 0.25) is 0 Å². The number of nitrogens with zero attached hydrogens (tertiary/aromatic N) is 3. The zero-order valence-electron chi connectivity index (χ0n) is 10.6. The van der Waals surface area contributed by atoms with Gasteiger partial charge >= 0.3 is 0 Å². The molecule has 2 rings (SSSR count). The highest BCUT2D eigenvalue weighted by Gasteiger charge is 2.30. The fraction of sp³-hybridized carbons (Fsp3) is 0.600. The summed E-state index contributed by atoms with van der Waals surface area (Å²) in [6, 6.07) is 0. The summed E-state index contributed by atoms with van der Waals surface area (Å²) in [4.78, 5) is 7.68. The first-order chi connectivity index (χ1) is 9.07. The van der Waals surface area contributed by atoms with Gasteiger partial charge in [0.05, 0.1) is 25.1 Å². The summed E-state index contributed by atoms with van der Waals surface area (Å²) in [5.74, 6) is 5.31. The third kappa shape index (κ3) is 3.00. The maximum atomic E-state index is 12.4. The molecule has 0 spiro atoms. The van der Waals surface area contributed by atoms with Gasteiger partial charge in [0.1, 0.15) is 4.90 Å². The summed E-state index contributed by atoms with van der Waals surface area (Å²) in [5, 5.41) is 0. The minimum Gasteiger partial charge on any atom is -0.375 e. The minimum atomic E-state index is -3.57. The summed E-state index contributed by atoms with van der Waals surface area (Å²) in [5.41, 5.74) is 2.25. The quantitative estimate of drug-likeness (QED) is 0.570. The lowest BCUT2D eigenvalue weighted by atomic mass is 10.2. The number of sulfonamides is 1. The number of hydrazine groups is 1. The molecule has 0 amide bonds. The summed E-state index contributed by atoms with van der Waals surface area (Å²) < 4.78 is 31.6. The first-order valence-corrected chi connectivity index (χ1v) is 7.42. The van der Waals surface area contributed by atoms with E-state index in [9.17, 15) is 8.42 Å². The van der Waals surface area contributed by atoms with Crippen LogP contribution in [0.25, 0.3) is 0 Å². The molecule has 1 aliphatic rings. The van der Waals surface area contributed by atoms with Gasteiger partial charge in [0.15, 0.2) is 0 Å². The number of nitrogen functional groups attached to an aromatic ring is 1. The van der Waals surface area contributed by atoms with E-state index in [1.54, 1.807) is 0 Å². The number of aromatic nitrogens is 2. The van der Waals surface area contributed by atoms with Crippen LogP contribution in [0.1, 0.15) is 13.3 Å². The van der Waals surface area contributed by atoms with E-state index in [0.29, 0.717) is 19.7 Å². The van der Waals surface area contributed by atoms with Crippen LogP contribution < -0.4 is 11.3 Å². The van der Waals surface area contributed by atoms with Crippen LogP contribution in [0.4, 0.5) is 5.95 Å². The van der Waals surface area contributed by atoms with Gasteiger partial charge in [-0.3, -0.25) is 5.43 Å². The Balaban J connectivity index is 2.20. The van der Waals surface area contributed by atoms with Gasteiger partial charge in [-0.15, -0.1) is 0 Å². The molecule has 1 aliphatic heterocycles. The predicted octanol–water partition coefficient (Wildman–Crippen LogP) is -0.438. The Morgan fingerprint density at radius 2 is 2.21 bits per heavy atom. The van der Waals surface area contributed by atoms with E-state index in [2.05, 4.69) is 15.4 Å². The van der Waals surface area contributed by atoms with Crippen molar-refractivity contribution >= 4 is 16.0 Å². The molecule has 1 atom stereocenters. The smallest absolute Gasteiger partial charge is 0.246 e. The minimum absolute atomic E-state index is 0.0586. The standard InChI is InChI=1S/C10H17N5O3S/c1-2-8-7-15(3-4-18-8)19(16,17)9-5-12-10(14-11)13-6-9/h5-6,8H,2-4,7,11H2,1H3,(H,12,13,14). The van der Waals surface area contributed by atoms with Crippen LogP contribution in [0.3, 0.4) is 0 Å². The molecule has 8 nitrogen and oxygen atoms in total. The van der Waals surface area contributed by atoms with E-state index in [-0.39, 0.29) is 16.9 Å². The number of ether oxygens (including phenoxy) is 1. The van der Waals surface area contributed by atoms with Crippen molar-refractivity contribution in [1.29, 1.82) is 0 Å². The van der Waals surface area contributed by atoms with Crippen LogP contribution in [0, 0.1) is 0 Å². The normalized spacial score (nSPS) is 21.3. The lowest BCUT2D eigenvalue weighted by Gasteiger charge is -2.31. The van der Waals surface area contributed by atoms with Gasteiger partial charge in [-0.05, 0) is 6.42 Å². The molecule has 106 valence electrons. The Morgan fingerprint density at radius 1 is 1.53 bits per heavy atom. The van der Waals surface area contributed by atoms with Crippen molar-refractivity contribution in [2.45, 2.75) is 24.3 Å². The molecule has 1 saturated heterocycles. The summed E-state index contributed by atoms with van der Waals surface area (Å²) in [6.07, 6.45) is 3.20. The van der Waals surface area contributed by atoms with E-state index in [4.69, 9.17) is 10.6 Å². The Morgan fingerprint density at radius 3 is 2.79 bits per heavy atom. The largest absolute Gasteiger partial charge is 0.375 e. The van der Waals surface area contributed by atoms with E-state index in [1.807, 2.05) is 6.92 Å². The SMILES string of the molecule is CCC1CN(S(=O)(=O)c2cnc(NN)nc2)CCO1. The Bertz CT molecular complexity index is 518. The fourth-order valence-electron chi connectivity index (χ4n) is 1.83. The topological polar surface area (TPSA) is 110 Å². The monoisotopic (exact) mass is 287 g/mol. The summed E-state index contributed by atoms with van der Waals surface area (Å²) in [6.45, 7) is 3.07. The molecule has 9 heteroatoms. The molecule has 19 heavy (non-hydrogen) atoms. The molecule has 1 aromatic rings. The number of rotatable bonds is 4. The predicted molar refractivity (Wildman–Crippen MR) is 68.6 cm³/mol. The van der Waals surface area contributed by atoms with E-state index < -0.39 is 10.0 Å². The molecule has 0 aliphatic carbocycles. The van der Waals surface area contributed by atoms with Crippen LogP contribution in [-0.4, -0.2) is 48.5 Å². The van der Waals surface area contributed by atoms with Gasteiger partial charge in [-0.2, -0.15) is 4.31 Å². The maximum absolute atomic E-state index is 12.4. The molecule has 3 N–H and O–H groups in total. The Hall–Kier alpha value is -1.29. The van der Waals surface area contributed by atoms with Crippen LogP contribution in [-0.2, 0) is 14.8 Å². The lowest BCUT2D eigenvalue weighted by molar-refractivity contribution is -0.00278. The highest BCUT2D eigenvalue weighted by atomic mass is 32.2. The Labute approximate surface area is 112 Å². The van der Waals surface area contributed by atoms with E-state index in [0.717, 1.165) is 6.42 Å². The molecule has 0 bridgehead atoms. The molecular weight excluding hydrogens is 270 g/mol. The third-order valence-corrected chi connectivity index (χ3v) is 4.77. The first kappa shape index (κ1) is 14.1. The molecule has 1 unspecified atom stereocenters. The van der Waals surface area contributed by atoms with Gasteiger partial charge < -0.3 is 4.74 Å². The van der Waals surface area contributed by atoms with Crippen molar-refractivity contribution in [3.05, 3.63) is 12.4 Å². The fourth-order valence-corrected chi connectivity index (χ4v) is 3.18. The van der Waals surface area contributed by atoms with Gasteiger partial charge in [0.2, 0.25) is 16.0 Å². The van der Waals surface area contributed by atoms with Crippen molar-refractivity contribution in [1.82, 2.24) is 14.3 Å². The molecule has 2 heterocycles. The third-order valence-electron chi connectivity index (χ3n) is 2.95. The van der Waals surface area contributed by atoms with Crippen molar-refractivity contribution in [3.8, 4) is 0 Å². The zero-order valence-corrected chi connectivity index (χ0v) is 11.4. The number of nitrogens with two attached hydrogens (primary N) is 1. The van der Waals surface area contributed by atoms with Crippen LogP contribution >= 0.6 is 0 Å². The van der Waals surface area contributed by atoms with Gasteiger partial charge in [-0.25, -0.2) is 24.2 Å². The number of anilines is 1. The number of morpholine rings is 1. The molecule has 0 saturated carbocycles. The van der Waals surface area contributed by atoms with Crippen LogP contribution in [0.15, 0.2) is 17.3 Å². The number of hydrogen-bond donors (Lipinski definition) is 2.